The fraction of sp³-hybridized carbons (Fsp3) is 0. The standard InChI is InChI=1S/C15H11N5O/c21-15(13-7-17-10-18-8-13)20-14-4-3-12(9-19-14)11-2-1-5-16-6-11/h1-10H,(H,19,20,21). The number of rotatable bonds is 3. The van der Waals surface area contributed by atoms with Crippen LogP contribution in [0.4, 0.5) is 5.82 Å². The molecule has 0 aromatic carbocycles. The smallest absolute Gasteiger partial charge is 0.259 e. The van der Waals surface area contributed by atoms with Gasteiger partial charge in [0.1, 0.15) is 12.1 Å². The molecule has 1 N–H and O–H groups in total. The molecule has 0 aliphatic rings. The summed E-state index contributed by atoms with van der Waals surface area (Å²) >= 11 is 0. The van der Waals surface area contributed by atoms with Crippen LogP contribution in [-0.4, -0.2) is 25.8 Å². The van der Waals surface area contributed by atoms with Crippen molar-refractivity contribution in [2.24, 2.45) is 0 Å². The third-order valence-electron chi connectivity index (χ3n) is 2.82. The third-order valence-corrected chi connectivity index (χ3v) is 2.82. The number of nitrogens with zero attached hydrogens (tertiary/aromatic N) is 4. The van der Waals surface area contributed by atoms with Gasteiger partial charge in [0.25, 0.3) is 5.91 Å². The Morgan fingerprint density at radius 3 is 2.38 bits per heavy atom. The van der Waals surface area contributed by atoms with E-state index in [0.717, 1.165) is 11.1 Å². The van der Waals surface area contributed by atoms with E-state index in [1.807, 2.05) is 18.2 Å². The number of aromatic nitrogens is 4. The maximum atomic E-state index is 11.9. The lowest BCUT2D eigenvalue weighted by Gasteiger charge is -2.05. The maximum absolute atomic E-state index is 11.9. The predicted molar refractivity (Wildman–Crippen MR) is 77.5 cm³/mol. The largest absolute Gasteiger partial charge is 0.306 e. The van der Waals surface area contributed by atoms with E-state index in [1.165, 1.54) is 18.7 Å². The lowest BCUT2D eigenvalue weighted by atomic mass is 10.1. The fourth-order valence-electron chi connectivity index (χ4n) is 1.78. The first-order chi connectivity index (χ1) is 10.3. The Balaban J connectivity index is 1.75. The molecule has 21 heavy (non-hydrogen) atoms. The first-order valence-electron chi connectivity index (χ1n) is 6.26. The first-order valence-corrected chi connectivity index (χ1v) is 6.26. The van der Waals surface area contributed by atoms with Gasteiger partial charge >= 0.3 is 0 Å². The number of carbonyl (C=O) groups is 1. The molecule has 0 aliphatic carbocycles. The molecule has 3 aromatic heterocycles. The zero-order chi connectivity index (χ0) is 14.5. The third kappa shape index (κ3) is 3.06. The van der Waals surface area contributed by atoms with E-state index in [4.69, 9.17) is 0 Å². The second-order valence-electron chi connectivity index (χ2n) is 4.26. The monoisotopic (exact) mass is 277 g/mol. The van der Waals surface area contributed by atoms with E-state index in [0.29, 0.717) is 11.4 Å². The lowest BCUT2D eigenvalue weighted by molar-refractivity contribution is 0.102. The van der Waals surface area contributed by atoms with Crippen molar-refractivity contribution in [3.63, 3.8) is 0 Å². The van der Waals surface area contributed by atoms with Crippen molar-refractivity contribution in [1.82, 2.24) is 19.9 Å². The van der Waals surface area contributed by atoms with Gasteiger partial charge in [0.15, 0.2) is 0 Å². The average molecular weight is 277 g/mol. The van der Waals surface area contributed by atoms with Crippen LogP contribution in [0.2, 0.25) is 0 Å². The van der Waals surface area contributed by atoms with Gasteiger partial charge in [-0.25, -0.2) is 15.0 Å². The zero-order valence-corrected chi connectivity index (χ0v) is 11.0. The molecule has 0 atom stereocenters. The van der Waals surface area contributed by atoms with Crippen LogP contribution in [0.25, 0.3) is 11.1 Å². The Kier molecular flexibility index (Phi) is 3.60. The maximum Gasteiger partial charge on any atom is 0.259 e. The molecule has 0 bridgehead atoms. The summed E-state index contributed by atoms with van der Waals surface area (Å²) in [6, 6.07) is 7.43. The number of hydrogen-bond acceptors (Lipinski definition) is 5. The molecular weight excluding hydrogens is 266 g/mol. The quantitative estimate of drug-likeness (QED) is 0.793. The number of nitrogens with one attached hydrogen (secondary N) is 1. The van der Waals surface area contributed by atoms with Gasteiger partial charge in [0.2, 0.25) is 0 Å². The van der Waals surface area contributed by atoms with Crippen molar-refractivity contribution >= 4 is 11.7 Å². The molecule has 3 aromatic rings. The topological polar surface area (TPSA) is 80.7 Å². The zero-order valence-electron chi connectivity index (χ0n) is 11.0. The summed E-state index contributed by atoms with van der Waals surface area (Å²) in [7, 11) is 0. The second-order valence-corrected chi connectivity index (χ2v) is 4.26. The van der Waals surface area contributed by atoms with Crippen LogP contribution >= 0.6 is 0 Å². The molecular formula is C15H11N5O. The molecule has 1 amide bonds. The number of pyridine rings is 2. The number of carbonyl (C=O) groups excluding carboxylic acids is 1. The van der Waals surface area contributed by atoms with Gasteiger partial charge in [-0.15, -0.1) is 0 Å². The SMILES string of the molecule is O=C(Nc1ccc(-c2cccnc2)cn1)c1cncnc1. The summed E-state index contributed by atoms with van der Waals surface area (Å²) in [5, 5.41) is 2.69. The molecule has 0 unspecified atom stereocenters. The molecule has 0 saturated heterocycles. The van der Waals surface area contributed by atoms with Gasteiger partial charge in [0.05, 0.1) is 5.56 Å². The van der Waals surface area contributed by atoms with E-state index in [2.05, 4.69) is 25.3 Å². The Bertz CT molecular complexity index is 729. The molecule has 3 heterocycles. The highest BCUT2D eigenvalue weighted by Gasteiger charge is 2.07. The van der Waals surface area contributed by atoms with Crippen LogP contribution in [-0.2, 0) is 0 Å². The van der Waals surface area contributed by atoms with Gasteiger partial charge in [-0.2, -0.15) is 0 Å². The van der Waals surface area contributed by atoms with Crippen molar-refractivity contribution in [2.75, 3.05) is 5.32 Å². The van der Waals surface area contributed by atoms with Gasteiger partial charge in [-0.1, -0.05) is 6.07 Å². The number of anilines is 1. The summed E-state index contributed by atoms with van der Waals surface area (Å²) in [4.78, 5) is 27.8. The molecule has 0 spiro atoms. The molecule has 0 aliphatic heterocycles. The highest BCUT2D eigenvalue weighted by Crippen LogP contribution is 2.18. The first kappa shape index (κ1) is 12.9. The molecule has 0 saturated carbocycles. The van der Waals surface area contributed by atoms with E-state index in [1.54, 1.807) is 24.7 Å². The van der Waals surface area contributed by atoms with Crippen molar-refractivity contribution < 1.29 is 4.79 Å². The van der Waals surface area contributed by atoms with E-state index in [9.17, 15) is 4.79 Å². The minimum absolute atomic E-state index is 0.294. The van der Waals surface area contributed by atoms with Crippen LogP contribution in [0, 0.1) is 0 Å². The average Bonchev–Trinajstić information content (AvgIpc) is 2.57. The summed E-state index contributed by atoms with van der Waals surface area (Å²) < 4.78 is 0. The van der Waals surface area contributed by atoms with Crippen LogP contribution in [0.5, 0.6) is 0 Å². The predicted octanol–water partition coefficient (Wildman–Crippen LogP) is 2.19. The summed E-state index contributed by atoms with van der Waals surface area (Å²) in [5.74, 6) is 0.175. The van der Waals surface area contributed by atoms with Crippen LogP contribution in [0.1, 0.15) is 10.4 Å². The molecule has 102 valence electrons. The van der Waals surface area contributed by atoms with Crippen molar-refractivity contribution in [1.29, 1.82) is 0 Å². The van der Waals surface area contributed by atoms with E-state index in [-0.39, 0.29) is 5.91 Å². The summed E-state index contributed by atoms with van der Waals surface area (Å²) in [6.45, 7) is 0. The minimum atomic E-state index is -0.294. The van der Waals surface area contributed by atoms with Gasteiger partial charge in [-0.05, 0) is 18.2 Å². The lowest BCUT2D eigenvalue weighted by Crippen LogP contribution is -2.13. The van der Waals surface area contributed by atoms with Gasteiger partial charge in [0, 0.05) is 42.1 Å². The van der Waals surface area contributed by atoms with Crippen molar-refractivity contribution in [3.8, 4) is 11.1 Å². The normalized spacial score (nSPS) is 10.1. The summed E-state index contributed by atoms with van der Waals surface area (Å²) in [6.07, 6.45) is 9.44. The molecule has 0 radical (unpaired) electrons. The Labute approximate surface area is 121 Å². The Hall–Kier alpha value is -3.15. The van der Waals surface area contributed by atoms with Crippen molar-refractivity contribution in [2.45, 2.75) is 0 Å². The van der Waals surface area contributed by atoms with Crippen molar-refractivity contribution in [3.05, 3.63) is 67.1 Å². The molecule has 6 nitrogen and oxygen atoms in total. The molecule has 0 fully saturated rings. The summed E-state index contributed by atoms with van der Waals surface area (Å²) in [5.41, 5.74) is 2.29. The van der Waals surface area contributed by atoms with Gasteiger partial charge < -0.3 is 5.32 Å². The number of hydrogen-bond donors (Lipinski definition) is 1. The second kappa shape index (κ2) is 5.87. The molecule has 3 rings (SSSR count). The number of amides is 1. The van der Waals surface area contributed by atoms with Crippen LogP contribution < -0.4 is 5.32 Å². The van der Waals surface area contributed by atoms with Crippen LogP contribution in [0.15, 0.2) is 61.6 Å². The van der Waals surface area contributed by atoms with Gasteiger partial charge in [-0.3, -0.25) is 9.78 Å². The fourth-order valence-corrected chi connectivity index (χ4v) is 1.78. The molecule has 6 heteroatoms. The van der Waals surface area contributed by atoms with E-state index >= 15 is 0 Å². The Morgan fingerprint density at radius 2 is 1.71 bits per heavy atom. The van der Waals surface area contributed by atoms with E-state index < -0.39 is 0 Å². The highest BCUT2D eigenvalue weighted by atomic mass is 16.1. The minimum Gasteiger partial charge on any atom is -0.306 e. The van der Waals surface area contributed by atoms with Crippen LogP contribution in [0.3, 0.4) is 0 Å². The highest BCUT2D eigenvalue weighted by molar-refractivity contribution is 6.03. The Morgan fingerprint density at radius 1 is 0.905 bits per heavy atom.